The van der Waals surface area contributed by atoms with Gasteiger partial charge in [-0.2, -0.15) is 5.26 Å². The van der Waals surface area contributed by atoms with Gasteiger partial charge in [-0.15, -0.1) is 11.8 Å². The molecule has 0 bridgehead atoms. The Hall–Kier alpha value is -2.69. The molecule has 0 fully saturated rings. The number of nitrogens with one attached hydrogen (secondary N) is 2. The summed E-state index contributed by atoms with van der Waals surface area (Å²) in [7, 11) is 0. The molecule has 3 rings (SSSR count). The Bertz CT molecular complexity index is 1040. The lowest BCUT2D eigenvalue weighted by Gasteiger charge is -2.25. The highest BCUT2D eigenvalue weighted by atomic mass is 32.2. The molecule has 2 N–H and O–H groups in total. The van der Waals surface area contributed by atoms with Gasteiger partial charge in [0.25, 0.3) is 0 Å². The number of aryl methyl sites for hydroxylation is 2. The molecule has 5 nitrogen and oxygen atoms in total. The van der Waals surface area contributed by atoms with E-state index in [0.29, 0.717) is 10.6 Å². The lowest BCUT2D eigenvalue weighted by atomic mass is 9.87. The second-order valence-corrected chi connectivity index (χ2v) is 8.95. The van der Waals surface area contributed by atoms with Crippen LogP contribution in [0.2, 0.25) is 0 Å². The number of amides is 2. The monoisotopic (exact) mass is 437 g/mol. The van der Waals surface area contributed by atoms with Gasteiger partial charge in [0.2, 0.25) is 11.8 Å². The van der Waals surface area contributed by atoms with Gasteiger partial charge in [-0.3, -0.25) is 9.59 Å². The Labute approximate surface area is 185 Å². The molecule has 1 aliphatic rings. The smallest absolute Gasteiger partial charge is 0.234 e. The van der Waals surface area contributed by atoms with Gasteiger partial charge in [0.15, 0.2) is 0 Å². The first-order valence-electron chi connectivity index (χ1n) is 9.49. The highest BCUT2D eigenvalue weighted by Crippen LogP contribution is 2.36. The van der Waals surface area contributed by atoms with Crippen LogP contribution >= 0.6 is 23.5 Å². The minimum absolute atomic E-state index is 0.103. The molecule has 0 spiro atoms. The van der Waals surface area contributed by atoms with Gasteiger partial charge in [0.1, 0.15) is 0 Å². The van der Waals surface area contributed by atoms with E-state index < -0.39 is 0 Å². The van der Waals surface area contributed by atoms with E-state index in [-0.39, 0.29) is 29.9 Å². The summed E-state index contributed by atoms with van der Waals surface area (Å²) in [6.07, 6.45) is 2.22. The maximum Gasteiger partial charge on any atom is 0.234 e. The third-order valence-electron chi connectivity index (χ3n) is 4.88. The van der Waals surface area contributed by atoms with Crippen molar-refractivity contribution in [3.8, 4) is 6.07 Å². The summed E-state index contributed by atoms with van der Waals surface area (Å²) in [4.78, 5) is 25.8. The Morgan fingerprint density at radius 3 is 2.60 bits per heavy atom. The molecule has 2 aromatic rings. The average Bonchev–Trinajstić information content (AvgIpc) is 2.74. The number of allylic oxidation sites excluding steroid dienone is 1. The Kier molecular flexibility index (Phi) is 7.24. The Morgan fingerprint density at radius 2 is 1.97 bits per heavy atom. The average molecular weight is 438 g/mol. The fourth-order valence-corrected chi connectivity index (χ4v) is 4.62. The molecule has 0 saturated carbocycles. The summed E-state index contributed by atoms with van der Waals surface area (Å²) < 4.78 is 0. The van der Waals surface area contributed by atoms with E-state index in [1.165, 1.54) is 11.8 Å². The van der Waals surface area contributed by atoms with E-state index in [9.17, 15) is 14.9 Å². The first-order valence-corrected chi connectivity index (χ1v) is 11.7. The van der Waals surface area contributed by atoms with Crippen molar-refractivity contribution in [1.29, 1.82) is 5.26 Å². The van der Waals surface area contributed by atoms with Crippen molar-refractivity contribution in [2.24, 2.45) is 0 Å². The first kappa shape index (κ1) is 22.0. The van der Waals surface area contributed by atoms with Gasteiger partial charge in [-0.1, -0.05) is 41.6 Å². The molecule has 154 valence electrons. The summed E-state index contributed by atoms with van der Waals surface area (Å²) in [6.45, 7) is 3.95. The molecular formula is C23H23N3O2S2. The predicted octanol–water partition coefficient (Wildman–Crippen LogP) is 4.74. The zero-order valence-corrected chi connectivity index (χ0v) is 18.7. The zero-order valence-electron chi connectivity index (χ0n) is 17.1. The number of nitriles is 1. The predicted molar refractivity (Wildman–Crippen MR) is 123 cm³/mol. The molecule has 0 aliphatic carbocycles. The van der Waals surface area contributed by atoms with Crippen LogP contribution in [-0.4, -0.2) is 23.8 Å². The standard InChI is InChI=1S/C23H23N3O2S2/c1-14-4-9-20(15(2)10-14)25-22(28)13-30-23-19(12-24)18(11-21(27)26-23)16-5-7-17(29-3)8-6-16/h4-10,18H,11,13H2,1-3H3,(H,25,28)(H,26,27)/t18-/m1/s1. The number of benzene rings is 2. The molecule has 0 unspecified atom stereocenters. The van der Waals surface area contributed by atoms with Crippen LogP contribution in [0.25, 0.3) is 0 Å². The molecule has 2 amide bonds. The second-order valence-electron chi connectivity index (χ2n) is 7.09. The van der Waals surface area contributed by atoms with Crippen LogP contribution in [0.1, 0.15) is 29.0 Å². The molecule has 7 heteroatoms. The maximum atomic E-state index is 12.4. The summed E-state index contributed by atoms with van der Waals surface area (Å²) >= 11 is 2.83. The number of nitrogens with zero attached hydrogens (tertiary/aromatic N) is 1. The summed E-state index contributed by atoms with van der Waals surface area (Å²) in [5, 5.41) is 15.9. The largest absolute Gasteiger partial charge is 0.325 e. The van der Waals surface area contributed by atoms with Crippen LogP contribution in [-0.2, 0) is 9.59 Å². The molecule has 0 aromatic heterocycles. The molecule has 30 heavy (non-hydrogen) atoms. The second kappa shape index (κ2) is 9.88. The van der Waals surface area contributed by atoms with Gasteiger partial charge >= 0.3 is 0 Å². The number of rotatable bonds is 6. The summed E-state index contributed by atoms with van der Waals surface area (Å²) in [5.41, 5.74) is 4.31. The van der Waals surface area contributed by atoms with E-state index in [4.69, 9.17) is 0 Å². The third-order valence-corrected chi connectivity index (χ3v) is 6.64. The third kappa shape index (κ3) is 5.26. The van der Waals surface area contributed by atoms with Crippen LogP contribution in [0.15, 0.2) is 58.0 Å². The van der Waals surface area contributed by atoms with Crippen molar-refractivity contribution < 1.29 is 9.59 Å². The van der Waals surface area contributed by atoms with E-state index in [2.05, 4.69) is 16.7 Å². The zero-order chi connectivity index (χ0) is 21.7. The quantitative estimate of drug-likeness (QED) is 0.638. The van der Waals surface area contributed by atoms with Crippen LogP contribution < -0.4 is 10.6 Å². The summed E-state index contributed by atoms with van der Waals surface area (Å²) in [6, 6.07) is 16.0. The van der Waals surface area contributed by atoms with E-state index in [1.54, 1.807) is 11.8 Å². The summed E-state index contributed by atoms with van der Waals surface area (Å²) in [5.74, 6) is -0.529. The molecule has 1 aliphatic heterocycles. The van der Waals surface area contributed by atoms with Gasteiger partial charge in [-0.05, 0) is 49.4 Å². The number of thioether (sulfide) groups is 2. The fraction of sp³-hybridized carbons (Fsp3) is 0.261. The van der Waals surface area contributed by atoms with Crippen LogP contribution in [0.4, 0.5) is 5.69 Å². The van der Waals surface area contributed by atoms with Crippen molar-refractivity contribution in [1.82, 2.24) is 5.32 Å². The number of carbonyl (C=O) groups is 2. The number of anilines is 1. The Balaban J connectivity index is 1.75. The SMILES string of the molecule is CSc1ccc([C@H]2CC(=O)NC(SCC(=O)Nc3ccc(C)cc3C)=C2C#N)cc1. The fourth-order valence-electron chi connectivity index (χ4n) is 3.33. The molecular weight excluding hydrogens is 414 g/mol. The van der Waals surface area contributed by atoms with Gasteiger partial charge in [0, 0.05) is 22.9 Å². The van der Waals surface area contributed by atoms with Crippen LogP contribution in [0.5, 0.6) is 0 Å². The van der Waals surface area contributed by atoms with E-state index in [0.717, 1.165) is 27.3 Å². The Morgan fingerprint density at radius 1 is 1.23 bits per heavy atom. The van der Waals surface area contributed by atoms with Gasteiger partial charge in [-0.25, -0.2) is 0 Å². The topological polar surface area (TPSA) is 82.0 Å². The molecule has 1 atom stereocenters. The van der Waals surface area contributed by atoms with Crippen molar-refractivity contribution in [3.05, 3.63) is 69.8 Å². The van der Waals surface area contributed by atoms with Crippen molar-refractivity contribution in [3.63, 3.8) is 0 Å². The number of hydrogen-bond donors (Lipinski definition) is 2. The molecule has 1 heterocycles. The van der Waals surface area contributed by atoms with Crippen molar-refractivity contribution >= 4 is 41.0 Å². The minimum Gasteiger partial charge on any atom is -0.325 e. The van der Waals surface area contributed by atoms with Gasteiger partial charge < -0.3 is 10.6 Å². The van der Waals surface area contributed by atoms with Gasteiger partial charge in [0.05, 0.1) is 22.4 Å². The van der Waals surface area contributed by atoms with Crippen molar-refractivity contribution in [2.45, 2.75) is 31.1 Å². The molecule has 0 radical (unpaired) electrons. The van der Waals surface area contributed by atoms with Crippen LogP contribution in [0.3, 0.4) is 0 Å². The van der Waals surface area contributed by atoms with Crippen LogP contribution in [0, 0.1) is 25.2 Å². The van der Waals surface area contributed by atoms with Crippen molar-refractivity contribution in [2.75, 3.05) is 17.3 Å². The van der Waals surface area contributed by atoms with E-state index >= 15 is 0 Å². The highest BCUT2D eigenvalue weighted by molar-refractivity contribution is 8.03. The normalized spacial score (nSPS) is 16.1. The number of carbonyl (C=O) groups excluding carboxylic acids is 2. The lowest BCUT2D eigenvalue weighted by molar-refractivity contribution is -0.121. The van der Waals surface area contributed by atoms with E-state index in [1.807, 2.05) is 62.6 Å². The molecule has 0 saturated heterocycles. The maximum absolute atomic E-state index is 12.4. The minimum atomic E-state index is -0.301. The lowest BCUT2D eigenvalue weighted by Crippen LogP contribution is -2.31. The highest BCUT2D eigenvalue weighted by Gasteiger charge is 2.29. The first-order chi connectivity index (χ1) is 14.4. The molecule has 2 aromatic carbocycles. The number of hydrogen-bond acceptors (Lipinski definition) is 5.